The number of benzene rings is 2. The van der Waals surface area contributed by atoms with E-state index in [1.807, 2.05) is 37.3 Å². The van der Waals surface area contributed by atoms with Crippen LogP contribution in [0.2, 0.25) is 5.02 Å². The van der Waals surface area contributed by atoms with Gasteiger partial charge in [-0.25, -0.2) is 0 Å². The van der Waals surface area contributed by atoms with Crippen molar-refractivity contribution in [1.82, 2.24) is 0 Å². The SMILES string of the molecule is CCOc1ccc(Cc2cc(C3O[C@H](CO)C(C)[C@H](O)C3=O)ccc2Cl)cc1. The van der Waals surface area contributed by atoms with E-state index in [0.29, 0.717) is 23.6 Å². The van der Waals surface area contributed by atoms with Crippen molar-refractivity contribution in [3.05, 3.63) is 64.2 Å². The highest BCUT2D eigenvalue weighted by molar-refractivity contribution is 6.31. The molecule has 0 bridgehead atoms. The molecule has 2 aromatic carbocycles. The second kappa shape index (κ2) is 9.05. The fraction of sp³-hybridized carbons (Fsp3) is 0.409. The van der Waals surface area contributed by atoms with E-state index in [9.17, 15) is 15.0 Å². The standard InChI is InChI=1S/C22H25ClO5/c1-3-27-17-7-4-14(5-8-17)10-16-11-15(6-9-18(16)23)22-21(26)20(25)13(2)19(12-24)28-22/h4-9,11,13,19-20,22,24-25H,3,10,12H2,1-2H3/t13?,19-,20+,22?/m1/s1. The van der Waals surface area contributed by atoms with Crippen molar-refractivity contribution < 1.29 is 24.5 Å². The largest absolute Gasteiger partial charge is 0.494 e. The Kier molecular flexibility index (Phi) is 6.73. The molecule has 4 atom stereocenters. The molecule has 5 nitrogen and oxygen atoms in total. The van der Waals surface area contributed by atoms with Crippen molar-refractivity contribution in [1.29, 1.82) is 0 Å². The number of ether oxygens (including phenoxy) is 2. The van der Waals surface area contributed by atoms with E-state index in [2.05, 4.69) is 0 Å². The summed E-state index contributed by atoms with van der Waals surface area (Å²) < 4.78 is 11.2. The average Bonchev–Trinajstić information content (AvgIpc) is 2.70. The second-order valence-electron chi connectivity index (χ2n) is 7.05. The number of hydrogen-bond acceptors (Lipinski definition) is 5. The van der Waals surface area contributed by atoms with Gasteiger partial charge in [0.1, 0.15) is 18.0 Å². The summed E-state index contributed by atoms with van der Waals surface area (Å²) in [5.41, 5.74) is 2.54. The topological polar surface area (TPSA) is 76.0 Å². The van der Waals surface area contributed by atoms with E-state index in [1.54, 1.807) is 19.1 Å². The van der Waals surface area contributed by atoms with Crippen LogP contribution in [-0.4, -0.2) is 41.4 Å². The molecule has 150 valence electrons. The van der Waals surface area contributed by atoms with E-state index >= 15 is 0 Å². The Balaban J connectivity index is 1.83. The number of hydrogen-bond donors (Lipinski definition) is 2. The summed E-state index contributed by atoms with van der Waals surface area (Å²) >= 11 is 6.37. The molecule has 1 heterocycles. The van der Waals surface area contributed by atoms with E-state index in [0.717, 1.165) is 16.9 Å². The number of aliphatic hydroxyl groups excluding tert-OH is 2. The van der Waals surface area contributed by atoms with Gasteiger partial charge in [0.15, 0.2) is 5.78 Å². The van der Waals surface area contributed by atoms with Crippen LogP contribution in [0.3, 0.4) is 0 Å². The lowest BCUT2D eigenvalue weighted by Crippen LogP contribution is -2.48. The van der Waals surface area contributed by atoms with Crippen molar-refractivity contribution in [2.75, 3.05) is 13.2 Å². The summed E-state index contributed by atoms with van der Waals surface area (Å²) in [5, 5.41) is 20.3. The van der Waals surface area contributed by atoms with Gasteiger partial charge in [-0.1, -0.05) is 42.8 Å². The smallest absolute Gasteiger partial charge is 0.194 e. The first kappa shape index (κ1) is 20.8. The first-order valence-corrected chi connectivity index (χ1v) is 9.80. The summed E-state index contributed by atoms with van der Waals surface area (Å²) in [6, 6.07) is 13.1. The molecule has 0 spiro atoms. The van der Waals surface area contributed by atoms with E-state index in [1.165, 1.54) is 0 Å². The Morgan fingerprint density at radius 3 is 2.54 bits per heavy atom. The van der Waals surface area contributed by atoms with Crippen LogP contribution >= 0.6 is 11.6 Å². The highest BCUT2D eigenvalue weighted by atomic mass is 35.5. The zero-order valence-corrected chi connectivity index (χ0v) is 16.7. The van der Waals surface area contributed by atoms with Gasteiger partial charge in [0, 0.05) is 10.9 Å². The number of aliphatic hydroxyl groups is 2. The van der Waals surface area contributed by atoms with Crippen molar-refractivity contribution in [2.45, 2.75) is 38.6 Å². The van der Waals surface area contributed by atoms with Gasteiger partial charge in [-0.05, 0) is 48.2 Å². The quantitative estimate of drug-likeness (QED) is 0.772. The van der Waals surface area contributed by atoms with Gasteiger partial charge >= 0.3 is 0 Å². The molecular weight excluding hydrogens is 380 g/mol. The van der Waals surface area contributed by atoms with Crippen LogP contribution in [0.5, 0.6) is 5.75 Å². The predicted molar refractivity (Wildman–Crippen MR) is 107 cm³/mol. The minimum Gasteiger partial charge on any atom is -0.494 e. The number of carbonyl (C=O) groups is 1. The fourth-order valence-electron chi connectivity index (χ4n) is 3.42. The number of rotatable bonds is 6. The molecule has 2 N–H and O–H groups in total. The van der Waals surface area contributed by atoms with Gasteiger partial charge in [0.2, 0.25) is 0 Å². The Morgan fingerprint density at radius 2 is 1.89 bits per heavy atom. The van der Waals surface area contributed by atoms with Gasteiger partial charge in [-0.3, -0.25) is 4.79 Å². The molecule has 0 aromatic heterocycles. The first-order chi connectivity index (χ1) is 13.4. The number of Topliss-reactive ketones (excluding diaryl/α,β-unsaturated/α-hetero) is 1. The van der Waals surface area contributed by atoms with E-state index < -0.39 is 30.0 Å². The highest BCUT2D eigenvalue weighted by Crippen LogP contribution is 2.34. The van der Waals surface area contributed by atoms with Crippen LogP contribution in [0.15, 0.2) is 42.5 Å². The highest BCUT2D eigenvalue weighted by Gasteiger charge is 2.42. The van der Waals surface area contributed by atoms with Crippen molar-refractivity contribution in [3.63, 3.8) is 0 Å². The zero-order chi connectivity index (χ0) is 20.3. The monoisotopic (exact) mass is 404 g/mol. The minimum absolute atomic E-state index is 0.255. The molecule has 1 aliphatic heterocycles. The van der Waals surface area contributed by atoms with Crippen LogP contribution < -0.4 is 4.74 Å². The maximum absolute atomic E-state index is 12.5. The van der Waals surface area contributed by atoms with Crippen molar-refractivity contribution in [2.24, 2.45) is 5.92 Å². The lowest BCUT2D eigenvalue weighted by atomic mass is 9.86. The molecule has 2 unspecified atom stereocenters. The molecule has 1 aliphatic rings. The third-order valence-corrected chi connectivity index (χ3v) is 5.50. The number of ketones is 1. The first-order valence-electron chi connectivity index (χ1n) is 9.42. The molecule has 1 fully saturated rings. The summed E-state index contributed by atoms with van der Waals surface area (Å²) in [7, 11) is 0. The lowest BCUT2D eigenvalue weighted by molar-refractivity contribution is -0.173. The third-order valence-electron chi connectivity index (χ3n) is 5.13. The molecule has 28 heavy (non-hydrogen) atoms. The summed E-state index contributed by atoms with van der Waals surface area (Å²) in [5.74, 6) is -0.0404. The Labute approximate surface area is 169 Å². The Morgan fingerprint density at radius 1 is 1.18 bits per heavy atom. The maximum atomic E-state index is 12.5. The van der Waals surface area contributed by atoms with Crippen LogP contribution in [0, 0.1) is 5.92 Å². The number of carbonyl (C=O) groups excluding carboxylic acids is 1. The molecule has 0 aliphatic carbocycles. The second-order valence-corrected chi connectivity index (χ2v) is 7.46. The molecule has 0 radical (unpaired) electrons. The fourth-order valence-corrected chi connectivity index (χ4v) is 3.60. The van der Waals surface area contributed by atoms with Crippen LogP contribution in [-0.2, 0) is 16.0 Å². The van der Waals surface area contributed by atoms with Crippen LogP contribution in [0.1, 0.15) is 36.6 Å². The van der Waals surface area contributed by atoms with Gasteiger partial charge in [-0.2, -0.15) is 0 Å². The normalized spacial score (nSPS) is 25.0. The molecule has 6 heteroatoms. The maximum Gasteiger partial charge on any atom is 0.194 e. The van der Waals surface area contributed by atoms with E-state index in [-0.39, 0.29) is 6.61 Å². The molecule has 1 saturated heterocycles. The molecular formula is C22H25ClO5. The van der Waals surface area contributed by atoms with Gasteiger partial charge in [0.05, 0.1) is 19.3 Å². The van der Waals surface area contributed by atoms with Crippen LogP contribution in [0.25, 0.3) is 0 Å². The molecule has 2 aromatic rings. The average molecular weight is 405 g/mol. The number of halogens is 1. The zero-order valence-electron chi connectivity index (χ0n) is 16.0. The molecule has 0 saturated carbocycles. The molecule has 3 rings (SSSR count). The predicted octanol–water partition coefficient (Wildman–Crippen LogP) is 3.33. The van der Waals surface area contributed by atoms with Crippen LogP contribution in [0.4, 0.5) is 0 Å². The van der Waals surface area contributed by atoms with Gasteiger partial charge in [0.25, 0.3) is 0 Å². The van der Waals surface area contributed by atoms with Gasteiger partial charge in [-0.15, -0.1) is 0 Å². The van der Waals surface area contributed by atoms with E-state index in [4.69, 9.17) is 21.1 Å². The third kappa shape index (κ3) is 4.39. The summed E-state index contributed by atoms with van der Waals surface area (Å²) in [6.45, 7) is 3.99. The van der Waals surface area contributed by atoms with Gasteiger partial charge < -0.3 is 19.7 Å². The minimum atomic E-state index is -1.17. The van der Waals surface area contributed by atoms with Crippen molar-refractivity contribution in [3.8, 4) is 5.75 Å². The lowest BCUT2D eigenvalue weighted by Gasteiger charge is -2.36. The Hall–Kier alpha value is -1.92. The summed E-state index contributed by atoms with van der Waals surface area (Å²) in [6.07, 6.45) is -2.09. The summed E-state index contributed by atoms with van der Waals surface area (Å²) in [4.78, 5) is 12.5. The Bertz CT molecular complexity index is 820. The molecule has 0 amide bonds. The van der Waals surface area contributed by atoms with Crippen molar-refractivity contribution >= 4 is 17.4 Å².